The van der Waals surface area contributed by atoms with Gasteiger partial charge in [-0.05, 0) is 40.9 Å². The van der Waals surface area contributed by atoms with E-state index in [0.29, 0.717) is 34.1 Å². The fourth-order valence-corrected chi connectivity index (χ4v) is 3.10. The van der Waals surface area contributed by atoms with Gasteiger partial charge < -0.3 is 15.2 Å². The van der Waals surface area contributed by atoms with E-state index in [4.69, 9.17) is 26.8 Å². The van der Waals surface area contributed by atoms with E-state index in [1.165, 1.54) is 0 Å². The first-order valence-corrected chi connectivity index (χ1v) is 7.73. The molecule has 2 aliphatic rings. The molecule has 4 rings (SSSR count). The van der Waals surface area contributed by atoms with E-state index >= 15 is 0 Å². The number of anilines is 1. The van der Waals surface area contributed by atoms with E-state index in [0.717, 1.165) is 28.6 Å². The smallest absolute Gasteiger partial charge is 0.231 e. The SMILES string of the molecule is Nc1nc(-c2cc(Cl)c3c(c2)OCO3)nc(C2CC2)c1Br. The standard InChI is InChI=1S/C14H11BrClN3O2/c15-10-11(6-1-2-6)18-14(19-13(10)17)7-3-8(16)12-9(4-7)20-5-21-12/h3-4,6H,1-2,5H2,(H2,17,18,19). The fourth-order valence-electron chi connectivity index (χ4n) is 2.34. The van der Waals surface area contributed by atoms with Gasteiger partial charge >= 0.3 is 0 Å². The number of nitrogens with two attached hydrogens (primary N) is 1. The van der Waals surface area contributed by atoms with Crippen LogP contribution in [0.3, 0.4) is 0 Å². The van der Waals surface area contributed by atoms with Crippen LogP contribution in [0.5, 0.6) is 11.5 Å². The number of halogens is 2. The molecule has 0 radical (unpaired) electrons. The number of hydrogen-bond acceptors (Lipinski definition) is 5. The first-order valence-electron chi connectivity index (χ1n) is 6.56. The Bertz CT molecular complexity index is 749. The molecule has 2 heterocycles. The molecule has 0 bridgehead atoms. The molecule has 7 heteroatoms. The van der Waals surface area contributed by atoms with E-state index in [1.54, 1.807) is 6.07 Å². The number of hydrogen-bond donors (Lipinski definition) is 1. The van der Waals surface area contributed by atoms with Crippen LogP contribution in [-0.2, 0) is 0 Å². The lowest BCUT2D eigenvalue weighted by Gasteiger charge is -2.09. The second-order valence-electron chi connectivity index (χ2n) is 5.10. The van der Waals surface area contributed by atoms with Crippen LogP contribution in [0.1, 0.15) is 24.5 Å². The lowest BCUT2D eigenvalue weighted by molar-refractivity contribution is 0.174. The van der Waals surface area contributed by atoms with Crippen molar-refractivity contribution in [2.45, 2.75) is 18.8 Å². The van der Waals surface area contributed by atoms with E-state index < -0.39 is 0 Å². The third-order valence-corrected chi connectivity index (χ3v) is 4.65. The summed E-state index contributed by atoms with van der Waals surface area (Å²) in [5, 5.41) is 0.484. The minimum Gasteiger partial charge on any atom is -0.454 e. The van der Waals surface area contributed by atoms with Gasteiger partial charge in [-0.2, -0.15) is 0 Å². The lowest BCUT2D eigenvalue weighted by atomic mass is 10.1. The molecule has 2 N–H and O–H groups in total. The second kappa shape index (κ2) is 4.74. The average Bonchev–Trinajstić information content (AvgIpc) is 3.19. The second-order valence-corrected chi connectivity index (χ2v) is 6.30. The highest BCUT2D eigenvalue weighted by Crippen LogP contribution is 2.45. The Morgan fingerprint density at radius 3 is 2.81 bits per heavy atom. The molecule has 0 unspecified atom stereocenters. The number of ether oxygens (including phenoxy) is 2. The van der Waals surface area contributed by atoms with E-state index in [9.17, 15) is 0 Å². The Labute approximate surface area is 134 Å². The summed E-state index contributed by atoms with van der Waals surface area (Å²) in [5.41, 5.74) is 7.72. The minimum atomic E-state index is 0.176. The van der Waals surface area contributed by atoms with Crippen molar-refractivity contribution in [2.75, 3.05) is 12.5 Å². The van der Waals surface area contributed by atoms with Crippen LogP contribution in [0.15, 0.2) is 16.6 Å². The van der Waals surface area contributed by atoms with E-state index in [2.05, 4.69) is 25.9 Å². The number of aromatic nitrogens is 2. The van der Waals surface area contributed by atoms with Crippen LogP contribution in [0, 0.1) is 0 Å². The summed E-state index contributed by atoms with van der Waals surface area (Å²) < 4.78 is 11.5. The highest BCUT2D eigenvalue weighted by atomic mass is 79.9. The molecule has 0 amide bonds. The van der Waals surface area contributed by atoms with Gasteiger partial charge in [0.1, 0.15) is 5.82 Å². The van der Waals surface area contributed by atoms with Crippen molar-refractivity contribution in [3.63, 3.8) is 0 Å². The van der Waals surface area contributed by atoms with Crippen LogP contribution in [0.4, 0.5) is 5.82 Å². The Hall–Kier alpha value is -1.53. The van der Waals surface area contributed by atoms with Gasteiger partial charge in [0.15, 0.2) is 17.3 Å². The summed E-state index contributed by atoms with van der Waals surface area (Å²) in [5.74, 6) is 2.63. The van der Waals surface area contributed by atoms with Crippen molar-refractivity contribution in [2.24, 2.45) is 0 Å². The zero-order valence-electron chi connectivity index (χ0n) is 10.9. The lowest BCUT2D eigenvalue weighted by Crippen LogP contribution is -2.02. The maximum absolute atomic E-state index is 6.21. The monoisotopic (exact) mass is 367 g/mol. The largest absolute Gasteiger partial charge is 0.454 e. The quantitative estimate of drug-likeness (QED) is 0.874. The van der Waals surface area contributed by atoms with Crippen molar-refractivity contribution in [1.29, 1.82) is 0 Å². The van der Waals surface area contributed by atoms with Gasteiger partial charge in [0.2, 0.25) is 6.79 Å². The summed E-state index contributed by atoms with van der Waals surface area (Å²) in [6, 6.07) is 3.60. The van der Waals surface area contributed by atoms with Gasteiger partial charge in [0.25, 0.3) is 0 Å². The molecular weight excluding hydrogens is 358 g/mol. The van der Waals surface area contributed by atoms with Gasteiger partial charge in [-0.15, -0.1) is 0 Å². The summed E-state index contributed by atoms with van der Waals surface area (Å²) in [7, 11) is 0. The third-order valence-electron chi connectivity index (χ3n) is 3.55. The third kappa shape index (κ3) is 2.22. The number of nitrogens with zero attached hydrogens (tertiary/aromatic N) is 2. The van der Waals surface area contributed by atoms with E-state index in [-0.39, 0.29) is 6.79 Å². The fraction of sp³-hybridized carbons (Fsp3) is 0.286. The van der Waals surface area contributed by atoms with Crippen molar-refractivity contribution in [3.05, 3.63) is 27.3 Å². The number of nitrogen functional groups attached to an aromatic ring is 1. The van der Waals surface area contributed by atoms with Crippen molar-refractivity contribution in [1.82, 2.24) is 9.97 Å². The summed E-state index contributed by atoms with van der Waals surface area (Å²) in [6.45, 7) is 0.176. The van der Waals surface area contributed by atoms with Gasteiger partial charge in [-0.25, -0.2) is 9.97 Å². The molecule has 1 aliphatic carbocycles. The van der Waals surface area contributed by atoms with E-state index in [1.807, 2.05) is 6.07 Å². The molecule has 21 heavy (non-hydrogen) atoms. The molecule has 0 atom stereocenters. The average molecular weight is 369 g/mol. The molecule has 1 aromatic carbocycles. The van der Waals surface area contributed by atoms with Crippen LogP contribution in [0.25, 0.3) is 11.4 Å². The van der Waals surface area contributed by atoms with Crippen LogP contribution >= 0.6 is 27.5 Å². The first kappa shape index (κ1) is 13.2. The van der Waals surface area contributed by atoms with Crippen LogP contribution in [0.2, 0.25) is 5.02 Å². The van der Waals surface area contributed by atoms with Crippen molar-refractivity contribution in [3.8, 4) is 22.9 Å². The summed E-state index contributed by atoms with van der Waals surface area (Å²) >= 11 is 9.68. The van der Waals surface area contributed by atoms with Gasteiger partial charge in [0, 0.05) is 11.5 Å². The normalized spacial score (nSPS) is 16.3. The Kier molecular flexibility index (Phi) is 2.97. The molecule has 0 spiro atoms. The molecule has 0 saturated heterocycles. The van der Waals surface area contributed by atoms with Gasteiger partial charge in [-0.1, -0.05) is 11.6 Å². The zero-order valence-corrected chi connectivity index (χ0v) is 13.2. The molecule has 2 aromatic rings. The molecule has 1 aromatic heterocycles. The maximum Gasteiger partial charge on any atom is 0.231 e. The predicted molar refractivity (Wildman–Crippen MR) is 82.7 cm³/mol. The summed E-state index contributed by atoms with van der Waals surface area (Å²) in [6.07, 6.45) is 2.27. The van der Waals surface area contributed by atoms with Crippen molar-refractivity contribution < 1.29 is 9.47 Å². The number of rotatable bonds is 2. The zero-order chi connectivity index (χ0) is 14.6. The highest BCUT2D eigenvalue weighted by Gasteiger charge is 2.29. The molecule has 1 fully saturated rings. The molecule has 5 nitrogen and oxygen atoms in total. The van der Waals surface area contributed by atoms with Gasteiger partial charge in [0.05, 0.1) is 15.2 Å². The van der Waals surface area contributed by atoms with Crippen LogP contribution < -0.4 is 15.2 Å². The highest BCUT2D eigenvalue weighted by molar-refractivity contribution is 9.10. The number of benzene rings is 1. The van der Waals surface area contributed by atoms with Gasteiger partial charge in [-0.3, -0.25) is 0 Å². The predicted octanol–water partition coefficient (Wildman–Crippen LogP) is 3.75. The Balaban J connectivity index is 1.85. The molecule has 1 aliphatic heterocycles. The maximum atomic E-state index is 6.21. The Morgan fingerprint density at radius 2 is 2.05 bits per heavy atom. The molecular formula is C14H11BrClN3O2. The Morgan fingerprint density at radius 1 is 1.24 bits per heavy atom. The number of fused-ring (bicyclic) bond motifs is 1. The van der Waals surface area contributed by atoms with Crippen LogP contribution in [-0.4, -0.2) is 16.8 Å². The topological polar surface area (TPSA) is 70.3 Å². The molecule has 108 valence electrons. The summed E-state index contributed by atoms with van der Waals surface area (Å²) in [4.78, 5) is 8.98. The molecule has 1 saturated carbocycles. The first-order chi connectivity index (χ1) is 10.1. The van der Waals surface area contributed by atoms with Crippen molar-refractivity contribution >= 4 is 33.3 Å². The minimum absolute atomic E-state index is 0.176.